The summed E-state index contributed by atoms with van der Waals surface area (Å²) >= 11 is 0. The van der Waals surface area contributed by atoms with Crippen molar-refractivity contribution in [1.82, 2.24) is 9.88 Å². The van der Waals surface area contributed by atoms with Crippen LogP contribution >= 0.6 is 0 Å². The molecule has 136 valence electrons. The van der Waals surface area contributed by atoms with Crippen molar-refractivity contribution in [1.29, 1.82) is 5.26 Å². The fourth-order valence-electron chi connectivity index (χ4n) is 4.37. The lowest BCUT2D eigenvalue weighted by molar-refractivity contribution is -0.127. The number of pyridine rings is 1. The zero-order valence-electron chi connectivity index (χ0n) is 15.3. The molecule has 2 fully saturated rings. The number of amides is 1. The van der Waals surface area contributed by atoms with Gasteiger partial charge < -0.3 is 15.1 Å². The van der Waals surface area contributed by atoms with Crippen molar-refractivity contribution in [3.05, 3.63) is 29.7 Å². The number of hydrogen-bond donors (Lipinski definition) is 1. The summed E-state index contributed by atoms with van der Waals surface area (Å²) in [6.07, 6.45) is 9.94. The van der Waals surface area contributed by atoms with Gasteiger partial charge in [0.1, 0.15) is 11.6 Å². The molecule has 1 N–H and O–H groups in total. The second-order valence-corrected chi connectivity index (χ2v) is 7.76. The van der Waals surface area contributed by atoms with Gasteiger partial charge in [-0.3, -0.25) is 9.78 Å². The maximum Gasteiger partial charge on any atom is 0.266 e. The van der Waals surface area contributed by atoms with Crippen LogP contribution in [0.2, 0.25) is 0 Å². The number of likely N-dealkylation sites (tertiary alicyclic amines) is 1. The number of fused-ring (bicyclic) bond motifs is 1. The third-order valence-corrected chi connectivity index (χ3v) is 6.02. The molecule has 3 heterocycles. The molecule has 6 heteroatoms. The van der Waals surface area contributed by atoms with Crippen LogP contribution in [0.15, 0.2) is 29.7 Å². The summed E-state index contributed by atoms with van der Waals surface area (Å²) in [4.78, 5) is 21.4. The molecule has 0 atom stereocenters. The molecule has 0 aromatic carbocycles. The monoisotopic (exact) mass is 351 g/mol. The topological polar surface area (TPSA) is 72.3 Å². The zero-order valence-corrected chi connectivity index (χ0v) is 15.3. The van der Waals surface area contributed by atoms with Gasteiger partial charge in [0.15, 0.2) is 0 Å². The number of nitriles is 1. The second kappa shape index (κ2) is 6.64. The normalized spacial score (nSPS) is 21.8. The van der Waals surface area contributed by atoms with E-state index in [0.717, 1.165) is 68.7 Å². The van der Waals surface area contributed by atoms with Crippen molar-refractivity contribution in [3.8, 4) is 6.07 Å². The first-order valence-electron chi connectivity index (χ1n) is 9.53. The first-order chi connectivity index (χ1) is 12.6. The summed E-state index contributed by atoms with van der Waals surface area (Å²) in [5.41, 5.74) is 3.04. The van der Waals surface area contributed by atoms with Gasteiger partial charge in [-0.15, -0.1) is 0 Å². The summed E-state index contributed by atoms with van der Waals surface area (Å²) in [6.45, 7) is 4.27. The molecule has 1 aromatic rings. The predicted molar refractivity (Wildman–Crippen MR) is 100 cm³/mol. The highest BCUT2D eigenvalue weighted by Crippen LogP contribution is 2.51. The first-order valence-corrected chi connectivity index (χ1v) is 9.53. The minimum Gasteiger partial charge on any atom is -0.364 e. The summed E-state index contributed by atoms with van der Waals surface area (Å²) in [6, 6.07) is 4.24. The molecule has 0 spiro atoms. The van der Waals surface area contributed by atoms with Crippen molar-refractivity contribution in [2.45, 2.75) is 45.4 Å². The average Bonchev–Trinajstić information content (AvgIpc) is 3.08. The minimum absolute atomic E-state index is 0.0992. The molecule has 1 amide bonds. The Morgan fingerprint density at radius 1 is 1.27 bits per heavy atom. The van der Waals surface area contributed by atoms with Crippen molar-refractivity contribution < 1.29 is 4.79 Å². The van der Waals surface area contributed by atoms with Crippen LogP contribution in [-0.2, 0) is 4.79 Å². The molecule has 0 radical (unpaired) electrons. The molecule has 4 rings (SSSR count). The van der Waals surface area contributed by atoms with Crippen LogP contribution < -0.4 is 10.2 Å². The Balaban J connectivity index is 1.78. The molecular formula is C20H25N5O. The van der Waals surface area contributed by atoms with Gasteiger partial charge in [0, 0.05) is 30.4 Å². The number of carbonyl (C=O) groups is 1. The number of anilines is 2. The number of aromatic nitrogens is 1. The van der Waals surface area contributed by atoms with Gasteiger partial charge in [-0.05, 0) is 38.2 Å². The first kappa shape index (κ1) is 16.9. The third kappa shape index (κ3) is 2.72. The standard InChI is InChI=1S/C20H25N5O/c1-20(7-5-8-20)18(25-14-23-16-13-22-9-6-17(16)25)15(12-21)19(26)24-10-3-2-4-11-24/h6,9,13,23H,2-5,7-8,10-11,14H2,1H3. The van der Waals surface area contributed by atoms with Crippen LogP contribution in [0.25, 0.3) is 0 Å². The van der Waals surface area contributed by atoms with Crippen molar-refractivity contribution in [2.24, 2.45) is 5.41 Å². The Hall–Kier alpha value is -2.55. The molecule has 26 heavy (non-hydrogen) atoms. The molecule has 0 unspecified atom stereocenters. The SMILES string of the molecule is CC1(C(=C(C#N)C(=O)N2CCCCC2)N2CNc3cnccc32)CCC1. The average molecular weight is 351 g/mol. The third-order valence-electron chi connectivity index (χ3n) is 6.02. The van der Waals surface area contributed by atoms with Gasteiger partial charge in [0.2, 0.25) is 0 Å². The lowest BCUT2D eigenvalue weighted by Crippen LogP contribution is -2.43. The van der Waals surface area contributed by atoms with Crippen LogP contribution in [0.3, 0.4) is 0 Å². The molecule has 3 aliphatic rings. The Labute approximate surface area is 154 Å². The number of nitrogens with zero attached hydrogens (tertiary/aromatic N) is 4. The number of hydrogen-bond acceptors (Lipinski definition) is 5. The van der Waals surface area contributed by atoms with E-state index in [0.29, 0.717) is 12.2 Å². The lowest BCUT2D eigenvalue weighted by Gasteiger charge is -2.45. The van der Waals surface area contributed by atoms with Crippen molar-refractivity contribution >= 4 is 17.3 Å². The zero-order chi connectivity index (χ0) is 18.1. The van der Waals surface area contributed by atoms with E-state index < -0.39 is 0 Å². The smallest absolute Gasteiger partial charge is 0.266 e. The molecule has 0 bridgehead atoms. The molecule has 1 saturated heterocycles. The van der Waals surface area contributed by atoms with E-state index in [2.05, 4.69) is 28.2 Å². The van der Waals surface area contributed by atoms with E-state index in [1.54, 1.807) is 12.4 Å². The highest BCUT2D eigenvalue weighted by molar-refractivity contribution is 5.99. The fraction of sp³-hybridized carbons (Fsp3) is 0.550. The number of rotatable bonds is 3. The maximum atomic E-state index is 13.2. The summed E-state index contributed by atoms with van der Waals surface area (Å²) in [5, 5.41) is 13.3. The molecule has 1 saturated carbocycles. The highest BCUT2D eigenvalue weighted by atomic mass is 16.2. The number of piperidine rings is 1. The van der Waals surface area contributed by atoms with Crippen LogP contribution in [0.1, 0.15) is 45.4 Å². The summed E-state index contributed by atoms with van der Waals surface area (Å²) in [5.74, 6) is -0.0992. The fourth-order valence-corrected chi connectivity index (χ4v) is 4.37. The van der Waals surface area contributed by atoms with Gasteiger partial charge in [-0.1, -0.05) is 13.3 Å². The van der Waals surface area contributed by atoms with Crippen molar-refractivity contribution in [3.63, 3.8) is 0 Å². The van der Waals surface area contributed by atoms with Gasteiger partial charge in [0.05, 0.1) is 24.2 Å². The van der Waals surface area contributed by atoms with Crippen molar-refractivity contribution in [2.75, 3.05) is 30.0 Å². The number of carbonyl (C=O) groups excluding carboxylic acids is 1. The van der Waals surface area contributed by atoms with Crippen LogP contribution in [-0.4, -0.2) is 35.5 Å². The lowest BCUT2D eigenvalue weighted by atomic mass is 9.66. The Morgan fingerprint density at radius 3 is 2.69 bits per heavy atom. The van der Waals surface area contributed by atoms with Gasteiger partial charge in [0.25, 0.3) is 5.91 Å². The highest BCUT2D eigenvalue weighted by Gasteiger charge is 2.44. The molecular weight excluding hydrogens is 326 g/mol. The van der Waals surface area contributed by atoms with E-state index in [1.165, 1.54) is 0 Å². The molecule has 2 aliphatic heterocycles. The molecule has 1 aliphatic carbocycles. The largest absolute Gasteiger partial charge is 0.364 e. The van der Waals surface area contributed by atoms with E-state index in [4.69, 9.17) is 0 Å². The second-order valence-electron chi connectivity index (χ2n) is 7.76. The number of allylic oxidation sites excluding steroid dienone is 1. The number of nitrogens with one attached hydrogen (secondary N) is 1. The van der Waals surface area contributed by atoms with E-state index in [9.17, 15) is 10.1 Å². The van der Waals surface area contributed by atoms with Gasteiger partial charge in [-0.25, -0.2) is 0 Å². The van der Waals surface area contributed by atoms with Crippen LogP contribution in [0.5, 0.6) is 0 Å². The van der Waals surface area contributed by atoms with E-state index in [1.807, 2.05) is 11.0 Å². The van der Waals surface area contributed by atoms with Crippen LogP contribution in [0.4, 0.5) is 11.4 Å². The molecule has 1 aromatic heterocycles. The van der Waals surface area contributed by atoms with Gasteiger partial charge >= 0.3 is 0 Å². The summed E-state index contributed by atoms with van der Waals surface area (Å²) < 4.78 is 0. The minimum atomic E-state index is -0.122. The predicted octanol–water partition coefficient (Wildman–Crippen LogP) is 3.25. The Kier molecular flexibility index (Phi) is 4.31. The quantitative estimate of drug-likeness (QED) is 0.668. The Morgan fingerprint density at radius 2 is 2.04 bits per heavy atom. The molecule has 6 nitrogen and oxygen atoms in total. The maximum absolute atomic E-state index is 13.2. The summed E-state index contributed by atoms with van der Waals surface area (Å²) in [7, 11) is 0. The van der Waals surface area contributed by atoms with E-state index >= 15 is 0 Å². The van der Waals surface area contributed by atoms with E-state index in [-0.39, 0.29) is 11.3 Å². The van der Waals surface area contributed by atoms with Gasteiger partial charge in [-0.2, -0.15) is 5.26 Å². The van der Waals surface area contributed by atoms with Crippen LogP contribution in [0, 0.1) is 16.7 Å². The Bertz CT molecular complexity index is 784.